The molecule has 1 atom stereocenters. The molecule has 3 heterocycles. The summed E-state index contributed by atoms with van der Waals surface area (Å²) in [5, 5.41) is 3.17. The Morgan fingerprint density at radius 1 is 1.29 bits per heavy atom. The van der Waals surface area contributed by atoms with E-state index in [1.54, 1.807) is 13.4 Å². The van der Waals surface area contributed by atoms with Crippen molar-refractivity contribution in [3.8, 4) is 5.75 Å². The number of piperidine rings is 1. The number of benzene rings is 1. The van der Waals surface area contributed by atoms with Gasteiger partial charge in [-0.2, -0.15) is 0 Å². The standard InChI is InChI=1S/C22H29N3O3/c1-27-20-7-6-19-15-25(10-8-18(19)12-20)22(26)23-13-17-4-2-9-24(14-17)16-21-5-3-11-28-21/h3,5-7,11-12,17H,2,4,8-10,13-16H2,1H3,(H,23,26)/t17-/m0/s1. The summed E-state index contributed by atoms with van der Waals surface area (Å²) in [5.41, 5.74) is 2.49. The van der Waals surface area contributed by atoms with Crippen LogP contribution in [0.5, 0.6) is 5.75 Å². The van der Waals surface area contributed by atoms with Gasteiger partial charge in [0.25, 0.3) is 0 Å². The maximum absolute atomic E-state index is 12.7. The molecule has 0 saturated carbocycles. The first-order valence-electron chi connectivity index (χ1n) is 10.1. The molecule has 1 saturated heterocycles. The van der Waals surface area contributed by atoms with E-state index in [2.05, 4.69) is 22.3 Å². The number of methoxy groups -OCH3 is 1. The van der Waals surface area contributed by atoms with Crippen LogP contribution >= 0.6 is 0 Å². The Labute approximate surface area is 166 Å². The third kappa shape index (κ3) is 4.50. The number of likely N-dealkylation sites (tertiary alicyclic amines) is 1. The minimum Gasteiger partial charge on any atom is -0.497 e. The van der Waals surface area contributed by atoms with Crippen molar-refractivity contribution in [2.45, 2.75) is 32.4 Å². The predicted octanol–water partition coefficient (Wildman–Crippen LogP) is 3.27. The van der Waals surface area contributed by atoms with Crippen LogP contribution in [-0.4, -0.2) is 49.1 Å². The Hall–Kier alpha value is -2.47. The normalized spacial score (nSPS) is 19.9. The molecule has 0 radical (unpaired) electrons. The van der Waals surface area contributed by atoms with Crippen LogP contribution in [0.25, 0.3) is 0 Å². The first-order chi connectivity index (χ1) is 13.7. The highest BCUT2D eigenvalue weighted by molar-refractivity contribution is 5.74. The van der Waals surface area contributed by atoms with Gasteiger partial charge in [0.1, 0.15) is 11.5 Å². The van der Waals surface area contributed by atoms with E-state index in [1.807, 2.05) is 23.1 Å². The highest BCUT2D eigenvalue weighted by Crippen LogP contribution is 2.24. The topological polar surface area (TPSA) is 58.0 Å². The summed E-state index contributed by atoms with van der Waals surface area (Å²) in [5.74, 6) is 2.38. The monoisotopic (exact) mass is 383 g/mol. The van der Waals surface area contributed by atoms with Crippen LogP contribution in [0, 0.1) is 5.92 Å². The number of ether oxygens (including phenoxy) is 1. The van der Waals surface area contributed by atoms with E-state index in [9.17, 15) is 4.79 Å². The molecule has 0 aliphatic carbocycles. The third-order valence-corrected chi connectivity index (χ3v) is 5.82. The minimum atomic E-state index is 0.0460. The molecule has 0 unspecified atom stereocenters. The molecule has 6 heteroatoms. The van der Waals surface area contributed by atoms with Gasteiger partial charge in [0.2, 0.25) is 0 Å². The van der Waals surface area contributed by atoms with Gasteiger partial charge in [-0.05, 0) is 67.1 Å². The van der Waals surface area contributed by atoms with Gasteiger partial charge in [0.15, 0.2) is 0 Å². The highest BCUT2D eigenvalue weighted by Gasteiger charge is 2.24. The van der Waals surface area contributed by atoms with Crippen molar-refractivity contribution in [3.63, 3.8) is 0 Å². The van der Waals surface area contributed by atoms with E-state index < -0.39 is 0 Å². The van der Waals surface area contributed by atoms with Gasteiger partial charge < -0.3 is 19.4 Å². The molecule has 28 heavy (non-hydrogen) atoms. The van der Waals surface area contributed by atoms with Gasteiger partial charge in [0, 0.05) is 26.2 Å². The molecule has 0 bridgehead atoms. The zero-order chi connectivity index (χ0) is 19.3. The number of carbonyl (C=O) groups is 1. The first-order valence-corrected chi connectivity index (χ1v) is 10.1. The molecule has 6 nitrogen and oxygen atoms in total. The zero-order valence-electron chi connectivity index (χ0n) is 16.5. The maximum Gasteiger partial charge on any atom is 0.317 e. The number of hydrogen-bond acceptors (Lipinski definition) is 4. The Bertz CT molecular complexity index is 790. The highest BCUT2D eigenvalue weighted by atomic mass is 16.5. The molecule has 2 aliphatic heterocycles. The molecule has 1 fully saturated rings. The van der Waals surface area contributed by atoms with Gasteiger partial charge in [-0.1, -0.05) is 6.07 Å². The van der Waals surface area contributed by atoms with Crippen LogP contribution in [0.3, 0.4) is 0 Å². The number of nitrogens with zero attached hydrogens (tertiary/aromatic N) is 2. The van der Waals surface area contributed by atoms with Gasteiger partial charge in [0.05, 0.1) is 19.9 Å². The quantitative estimate of drug-likeness (QED) is 0.861. The average Bonchev–Trinajstić information content (AvgIpc) is 3.24. The van der Waals surface area contributed by atoms with Crippen molar-refractivity contribution in [1.82, 2.24) is 15.1 Å². The summed E-state index contributed by atoms with van der Waals surface area (Å²) in [6, 6.07) is 10.1. The first kappa shape index (κ1) is 18.9. The largest absolute Gasteiger partial charge is 0.497 e. The number of amides is 2. The second kappa shape index (κ2) is 8.69. The summed E-state index contributed by atoms with van der Waals surface area (Å²) >= 11 is 0. The molecule has 1 N–H and O–H groups in total. The van der Waals surface area contributed by atoms with E-state index in [-0.39, 0.29) is 6.03 Å². The lowest BCUT2D eigenvalue weighted by Gasteiger charge is -2.33. The van der Waals surface area contributed by atoms with Crippen molar-refractivity contribution < 1.29 is 13.9 Å². The van der Waals surface area contributed by atoms with E-state index in [0.717, 1.165) is 57.1 Å². The van der Waals surface area contributed by atoms with Gasteiger partial charge in [-0.15, -0.1) is 0 Å². The van der Waals surface area contributed by atoms with Gasteiger partial charge in [-0.25, -0.2) is 4.79 Å². The molecule has 2 aromatic rings. The number of hydrogen-bond donors (Lipinski definition) is 1. The van der Waals surface area contributed by atoms with Crippen LogP contribution in [0.15, 0.2) is 41.0 Å². The molecule has 1 aromatic heterocycles. The Balaban J connectivity index is 1.26. The fourth-order valence-corrected chi connectivity index (χ4v) is 4.26. The predicted molar refractivity (Wildman–Crippen MR) is 107 cm³/mol. The number of fused-ring (bicyclic) bond motifs is 1. The number of furan rings is 1. The van der Waals surface area contributed by atoms with Crippen molar-refractivity contribution in [3.05, 3.63) is 53.5 Å². The lowest BCUT2D eigenvalue weighted by atomic mass is 9.97. The van der Waals surface area contributed by atoms with Crippen molar-refractivity contribution in [2.24, 2.45) is 5.92 Å². The van der Waals surface area contributed by atoms with Gasteiger partial charge in [-0.3, -0.25) is 4.90 Å². The summed E-state index contributed by atoms with van der Waals surface area (Å²) in [6.45, 7) is 5.10. The number of carbonyl (C=O) groups excluding carboxylic acids is 1. The molecule has 150 valence electrons. The summed E-state index contributed by atoms with van der Waals surface area (Å²) < 4.78 is 10.8. The summed E-state index contributed by atoms with van der Waals surface area (Å²) in [6.07, 6.45) is 4.93. The van der Waals surface area contributed by atoms with E-state index >= 15 is 0 Å². The lowest BCUT2D eigenvalue weighted by molar-refractivity contribution is 0.150. The molecule has 4 rings (SSSR count). The molecule has 0 spiro atoms. The fourth-order valence-electron chi connectivity index (χ4n) is 4.26. The van der Waals surface area contributed by atoms with Crippen molar-refractivity contribution in [2.75, 3.05) is 33.3 Å². The molecule has 2 aliphatic rings. The number of rotatable bonds is 5. The molecule has 1 aromatic carbocycles. The van der Waals surface area contributed by atoms with Crippen LogP contribution in [0.1, 0.15) is 29.7 Å². The van der Waals surface area contributed by atoms with E-state index in [1.165, 1.54) is 17.5 Å². The second-order valence-electron chi connectivity index (χ2n) is 7.81. The summed E-state index contributed by atoms with van der Waals surface area (Å²) in [7, 11) is 1.69. The molecular formula is C22H29N3O3. The van der Waals surface area contributed by atoms with Crippen LogP contribution in [0.2, 0.25) is 0 Å². The fraction of sp³-hybridized carbons (Fsp3) is 0.500. The number of urea groups is 1. The average molecular weight is 383 g/mol. The van der Waals surface area contributed by atoms with Crippen LogP contribution in [0.4, 0.5) is 4.79 Å². The lowest BCUT2D eigenvalue weighted by Crippen LogP contribution is -2.46. The van der Waals surface area contributed by atoms with Crippen LogP contribution < -0.4 is 10.1 Å². The Morgan fingerprint density at radius 2 is 2.21 bits per heavy atom. The second-order valence-corrected chi connectivity index (χ2v) is 7.81. The van der Waals surface area contributed by atoms with Gasteiger partial charge >= 0.3 is 6.03 Å². The van der Waals surface area contributed by atoms with E-state index in [4.69, 9.17) is 9.15 Å². The summed E-state index contributed by atoms with van der Waals surface area (Å²) in [4.78, 5) is 17.0. The van der Waals surface area contributed by atoms with Crippen molar-refractivity contribution in [1.29, 1.82) is 0 Å². The SMILES string of the molecule is COc1ccc2c(c1)CCN(C(=O)NC[C@@H]1CCCN(Cc3ccco3)C1)C2. The molecule has 2 amide bonds. The Kier molecular flexibility index (Phi) is 5.86. The zero-order valence-corrected chi connectivity index (χ0v) is 16.5. The van der Waals surface area contributed by atoms with Crippen LogP contribution in [-0.2, 0) is 19.5 Å². The Morgan fingerprint density at radius 3 is 3.04 bits per heavy atom. The molecular weight excluding hydrogens is 354 g/mol. The number of nitrogens with one attached hydrogen (secondary N) is 1. The minimum absolute atomic E-state index is 0.0460. The van der Waals surface area contributed by atoms with Crippen molar-refractivity contribution >= 4 is 6.03 Å². The maximum atomic E-state index is 12.7. The third-order valence-electron chi connectivity index (χ3n) is 5.82. The van der Waals surface area contributed by atoms with E-state index in [0.29, 0.717) is 12.5 Å². The smallest absolute Gasteiger partial charge is 0.317 e.